The van der Waals surface area contributed by atoms with Crippen molar-refractivity contribution in [3.63, 3.8) is 0 Å². The van der Waals surface area contributed by atoms with Crippen LogP contribution in [0, 0.1) is 17.2 Å². The minimum atomic E-state index is -0.229. The second-order valence-corrected chi connectivity index (χ2v) is 4.50. The Kier molecular flexibility index (Phi) is 5.87. The summed E-state index contributed by atoms with van der Waals surface area (Å²) in [5.41, 5.74) is 5.06. The van der Waals surface area contributed by atoms with Crippen molar-refractivity contribution in [2.24, 2.45) is 11.7 Å². The third kappa shape index (κ3) is 4.63. The highest BCUT2D eigenvalue weighted by Crippen LogP contribution is 2.23. The van der Waals surface area contributed by atoms with Gasteiger partial charge in [-0.1, -0.05) is 12.8 Å². The zero-order valence-electron chi connectivity index (χ0n) is 9.74. The molecule has 0 aromatic carbocycles. The summed E-state index contributed by atoms with van der Waals surface area (Å²) in [7, 11) is 0. The SMILES string of the molecule is N#CC1CCCCC1NCCCCC(N)=O. The fourth-order valence-electron chi connectivity index (χ4n) is 2.24. The van der Waals surface area contributed by atoms with Gasteiger partial charge in [-0.05, 0) is 32.2 Å². The number of primary amides is 1. The number of carbonyl (C=O) groups excluding carboxylic acids is 1. The zero-order chi connectivity index (χ0) is 11.8. The van der Waals surface area contributed by atoms with Crippen LogP contribution in [0.3, 0.4) is 0 Å². The fourth-order valence-corrected chi connectivity index (χ4v) is 2.24. The van der Waals surface area contributed by atoms with Crippen LogP contribution in [0.15, 0.2) is 0 Å². The summed E-state index contributed by atoms with van der Waals surface area (Å²) in [6.45, 7) is 0.885. The van der Waals surface area contributed by atoms with Crippen LogP contribution in [0.25, 0.3) is 0 Å². The molecule has 0 aromatic rings. The van der Waals surface area contributed by atoms with Crippen molar-refractivity contribution < 1.29 is 4.79 Å². The molecule has 1 saturated carbocycles. The van der Waals surface area contributed by atoms with Crippen LogP contribution >= 0.6 is 0 Å². The van der Waals surface area contributed by atoms with Crippen LogP contribution in [-0.4, -0.2) is 18.5 Å². The van der Waals surface area contributed by atoms with Crippen LogP contribution in [0.2, 0.25) is 0 Å². The van der Waals surface area contributed by atoms with E-state index in [1.165, 1.54) is 12.8 Å². The van der Waals surface area contributed by atoms with E-state index in [9.17, 15) is 4.79 Å². The largest absolute Gasteiger partial charge is 0.370 e. The molecule has 0 spiro atoms. The average Bonchev–Trinajstić information content (AvgIpc) is 2.29. The Morgan fingerprint density at radius 1 is 1.38 bits per heavy atom. The maximum Gasteiger partial charge on any atom is 0.217 e. The summed E-state index contributed by atoms with van der Waals surface area (Å²) in [5.74, 6) is -0.0579. The molecule has 0 bridgehead atoms. The van der Waals surface area contributed by atoms with E-state index in [0.717, 1.165) is 32.2 Å². The molecule has 0 aliphatic heterocycles. The van der Waals surface area contributed by atoms with Crippen molar-refractivity contribution in [3.05, 3.63) is 0 Å². The lowest BCUT2D eigenvalue weighted by Crippen LogP contribution is -2.38. The monoisotopic (exact) mass is 223 g/mol. The van der Waals surface area contributed by atoms with Gasteiger partial charge in [-0.2, -0.15) is 5.26 Å². The van der Waals surface area contributed by atoms with Crippen molar-refractivity contribution in [1.82, 2.24) is 5.32 Å². The number of nitrogens with one attached hydrogen (secondary N) is 1. The predicted octanol–water partition coefficient (Wildman–Crippen LogP) is 1.31. The van der Waals surface area contributed by atoms with E-state index in [-0.39, 0.29) is 11.8 Å². The first-order valence-electron chi connectivity index (χ1n) is 6.15. The fraction of sp³-hybridized carbons (Fsp3) is 0.833. The van der Waals surface area contributed by atoms with Gasteiger partial charge in [0.25, 0.3) is 0 Å². The molecule has 0 heterocycles. The van der Waals surface area contributed by atoms with Gasteiger partial charge in [0.2, 0.25) is 5.91 Å². The lowest BCUT2D eigenvalue weighted by atomic mass is 9.85. The number of rotatable bonds is 6. The molecular formula is C12H21N3O. The van der Waals surface area contributed by atoms with E-state index in [2.05, 4.69) is 11.4 Å². The Morgan fingerprint density at radius 2 is 2.12 bits per heavy atom. The number of unbranched alkanes of at least 4 members (excludes halogenated alkanes) is 1. The van der Waals surface area contributed by atoms with Gasteiger partial charge in [0.15, 0.2) is 0 Å². The van der Waals surface area contributed by atoms with Gasteiger partial charge < -0.3 is 11.1 Å². The quantitative estimate of drug-likeness (QED) is 0.666. The normalized spacial score (nSPS) is 24.9. The second-order valence-electron chi connectivity index (χ2n) is 4.50. The minimum absolute atomic E-state index is 0.171. The van der Waals surface area contributed by atoms with Crippen molar-refractivity contribution in [1.29, 1.82) is 5.26 Å². The van der Waals surface area contributed by atoms with Gasteiger partial charge in [-0.25, -0.2) is 0 Å². The molecule has 0 radical (unpaired) electrons. The Balaban J connectivity index is 2.11. The smallest absolute Gasteiger partial charge is 0.217 e. The summed E-state index contributed by atoms with van der Waals surface area (Å²) in [5, 5.41) is 12.4. The van der Waals surface area contributed by atoms with Gasteiger partial charge in [0.05, 0.1) is 12.0 Å². The molecule has 1 fully saturated rings. The molecule has 1 aliphatic rings. The maximum absolute atomic E-state index is 10.5. The van der Waals surface area contributed by atoms with Crippen molar-refractivity contribution in [3.8, 4) is 6.07 Å². The van der Waals surface area contributed by atoms with Crippen molar-refractivity contribution in [2.75, 3.05) is 6.54 Å². The molecule has 2 atom stereocenters. The Morgan fingerprint density at radius 3 is 2.81 bits per heavy atom. The zero-order valence-corrected chi connectivity index (χ0v) is 9.74. The molecule has 1 amide bonds. The number of hydrogen-bond acceptors (Lipinski definition) is 3. The lowest BCUT2D eigenvalue weighted by Gasteiger charge is -2.27. The van der Waals surface area contributed by atoms with Crippen LogP contribution in [-0.2, 0) is 4.79 Å². The van der Waals surface area contributed by atoms with Gasteiger partial charge in [0.1, 0.15) is 0 Å². The molecular weight excluding hydrogens is 202 g/mol. The number of hydrogen-bond donors (Lipinski definition) is 2. The molecule has 0 aromatic heterocycles. The van der Waals surface area contributed by atoms with E-state index < -0.39 is 0 Å². The number of nitrogens with zero attached hydrogens (tertiary/aromatic N) is 1. The number of nitriles is 1. The predicted molar refractivity (Wildman–Crippen MR) is 62.4 cm³/mol. The van der Waals surface area contributed by atoms with Crippen LogP contribution in [0.5, 0.6) is 0 Å². The third-order valence-electron chi connectivity index (χ3n) is 3.19. The molecule has 1 aliphatic carbocycles. The maximum atomic E-state index is 10.5. The lowest BCUT2D eigenvalue weighted by molar-refractivity contribution is -0.118. The molecule has 4 nitrogen and oxygen atoms in total. The molecule has 1 rings (SSSR count). The van der Waals surface area contributed by atoms with E-state index in [4.69, 9.17) is 11.0 Å². The minimum Gasteiger partial charge on any atom is -0.370 e. The third-order valence-corrected chi connectivity index (χ3v) is 3.19. The second kappa shape index (κ2) is 7.24. The first kappa shape index (κ1) is 13.0. The molecule has 0 saturated heterocycles. The highest BCUT2D eigenvalue weighted by Gasteiger charge is 2.23. The van der Waals surface area contributed by atoms with Gasteiger partial charge in [0, 0.05) is 12.5 Å². The first-order valence-corrected chi connectivity index (χ1v) is 6.15. The topological polar surface area (TPSA) is 78.9 Å². The Bertz CT molecular complexity index is 259. The highest BCUT2D eigenvalue weighted by atomic mass is 16.1. The molecule has 16 heavy (non-hydrogen) atoms. The summed E-state index contributed by atoms with van der Waals surface area (Å²) in [6, 6.07) is 2.73. The van der Waals surface area contributed by atoms with Gasteiger partial charge >= 0.3 is 0 Å². The van der Waals surface area contributed by atoms with E-state index in [0.29, 0.717) is 12.5 Å². The van der Waals surface area contributed by atoms with Gasteiger partial charge in [-0.3, -0.25) is 4.79 Å². The molecule has 90 valence electrons. The summed E-state index contributed by atoms with van der Waals surface area (Å²) in [6.07, 6.45) is 6.79. The first-order chi connectivity index (χ1) is 7.74. The van der Waals surface area contributed by atoms with Crippen LogP contribution in [0.1, 0.15) is 44.9 Å². The Hall–Kier alpha value is -1.08. The highest BCUT2D eigenvalue weighted by molar-refractivity contribution is 5.73. The number of nitrogens with two attached hydrogens (primary N) is 1. The molecule has 4 heteroatoms. The van der Waals surface area contributed by atoms with Crippen LogP contribution in [0.4, 0.5) is 0 Å². The molecule has 3 N–H and O–H groups in total. The summed E-state index contributed by atoms with van der Waals surface area (Å²) >= 11 is 0. The number of amides is 1. The summed E-state index contributed by atoms with van der Waals surface area (Å²) in [4.78, 5) is 10.5. The van der Waals surface area contributed by atoms with Crippen molar-refractivity contribution in [2.45, 2.75) is 51.0 Å². The summed E-state index contributed by atoms with van der Waals surface area (Å²) < 4.78 is 0. The average molecular weight is 223 g/mol. The Labute approximate surface area is 97.2 Å². The van der Waals surface area contributed by atoms with E-state index >= 15 is 0 Å². The van der Waals surface area contributed by atoms with Gasteiger partial charge in [-0.15, -0.1) is 0 Å². The van der Waals surface area contributed by atoms with Crippen molar-refractivity contribution >= 4 is 5.91 Å². The number of carbonyl (C=O) groups is 1. The van der Waals surface area contributed by atoms with Crippen LogP contribution < -0.4 is 11.1 Å². The van der Waals surface area contributed by atoms with E-state index in [1.54, 1.807) is 0 Å². The van der Waals surface area contributed by atoms with E-state index in [1.807, 2.05) is 0 Å². The molecule has 2 unspecified atom stereocenters. The standard InChI is InChI=1S/C12H21N3O/c13-9-10-5-1-2-6-11(10)15-8-4-3-7-12(14)16/h10-11,15H,1-8H2,(H2,14,16).